The minimum Gasteiger partial charge on any atom is -0.478 e. The number of nitrogens with zero attached hydrogens (tertiary/aromatic N) is 4. The molecule has 0 saturated carbocycles. The molecule has 0 bridgehead atoms. The highest BCUT2D eigenvalue weighted by atomic mass is 16.6. The Kier molecular flexibility index (Phi) is 8.53. The van der Waals surface area contributed by atoms with E-state index in [0.29, 0.717) is 49.0 Å². The van der Waals surface area contributed by atoms with E-state index in [-0.39, 0.29) is 11.5 Å². The van der Waals surface area contributed by atoms with Crippen LogP contribution < -0.4 is 15.0 Å². The Morgan fingerprint density at radius 3 is 2.15 bits per heavy atom. The molecule has 11 nitrogen and oxygen atoms in total. The monoisotopic (exact) mass is 545 g/mol. The molecule has 3 heterocycles. The molecule has 0 aliphatic carbocycles. The minimum atomic E-state index is -1.02. The molecule has 11 heteroatoms. The number of hydrogen-bond acceptors (Lipinski definition) is 8. The van der Waals surface area contributed by atoms with E-state index >= 15 is 0 Å². The lowest BCUT2D eigenvalue weighted by molar-refractivity contribution is 0.0342. The van der Waals surface area contributed by atoms with Gasteiger partial charge in [-0.1, -0.05) is 12.1 Å². The number of aromatic nitrogens is 1. The van der Waals surface area contributed by atoms with Gasteiger partial charge in [-0.2, -0.15) is 0 Å². The van der Waals surface area contributed by atoms with Gasteiger partial charge in [-0.05, 0) is 54.1 Å². The summed E-state index contributed by atoms with van der Waals surface area (Å²) in [7, 11) is 0. The summed E-state index contributed by atoms with van der Waals surface area (Å²) in [6.45, 7) is 6.15. The second kappa shape index (κ2) is 12.6. The fraction of sp³-hybridized carbons (Fsp3) is 0.310. The zero-order chi connectivity index (χ0) is 27.9. The van der Waals surface area contributed by atoms with Crippen LogP contribution in [0.5, 0.6) is 5.75 Å². The first-order valence-corrected chi connectivity index (χ1v) is 13.2. The number of carboxylic acid groups (broad SMARTS) is 1. The topological polar surface area (TPSA) is 125 Å². The summed E-state index contributed by atoms with van der Waals surface area (Å²) in [5.41, 5.74) is 2.44. The van der Waals surface area contributed by atoms with E-state index in [9.17, 15) is 14.4 Å². The van der Waals surface area contributed by atoms with Crippen LogP contribution in [0.3, 0.4) is 0 Å². The van der Waals surface area contributed by atoms with Gasteiger partial charge in [0.25, 0.3) is 5.91 Å². The summed E-state index contributed by atoms with van der Waals surface area (Å²) < 4.78 is 10.9. The normalized spacial score (nSPS) is 15.9. The molecule has 2 fully saturated rings. The molecule has 0 atom stereocenters. The second-order valence-electron chi connectivity index (χ2n) is 9.62. The number of amides is 2. The van der Waals surface area contributed by atoms with Crippen molar-refractivity contribution < 1.29 is 29.0 Å². The number of pyridine rings is 1. The van der Waals surface area contributed by atoms with E-state index in [4.69, 9.17) is 14.6 Å². The molecule has 2 N–H and O–H groups in total. The van der Waals surface area contributed by atoms with Gasteiger partial charge in [0.15, 0.2) is 0 Å². The summed E-state index contributed by atoms with van der Waals surface area (Å²) in [5, 5.41) is 11.9. The fourth-order valence-electron chi connectivity index (χ4n) is 4.57. The molecule has 2 aromatic carbocycles. The van der Waals surface area contributed by atoms with Crippen molar-refractivity contribution in [2.75, 3.05) is 62.7 Å². The third-order valence-electron chi connectivity index (χ3n) is 6.90. The Balaban J connectivity index is 1.07. The molecule has 0 radical (unpaired) electrons. The van der Waals surface area contributed by atoms with E-state index in [0.717, 1.165) is 38.4 Å². The van der Waals surface area contributed by atoms with Gasteiger partial charge in [0, 0.05) is 63.3 Å². The predicted octanol–water partition coefficient (Wildman–Crippen LogP) is 3.19. The van der Waals surface area contributed by atoms with E-state index in [2.05, 4.69) is 15.2 Å². The van der Waals surface area contributed by atoms with Crippen molar-refractivity contribution >= 4 is 29.5 Å². The van der Waals surface area contributed by atoms with Crippen LogP contribution in [0, 0.1) is 0 Å². The maximum Gasteiger partial charge on any atom is 0.415 e. The highest BCUT2D eigenvalue weighted by Gasteiger charge is 2.23. The lowest BCUT2D eigenvalue weighted by Crippen LogP contribution is -2.49. The van der Waals surface area contributed by atoms with Crippen molar-refractivity contribution in [3.8, 4) is 5.75 Å². The minimum absolute atomic E-state index is 0.130. The molecule has 3 aromatic rings. The van der Waals surface area contributed by atoms with Crippen LogP contribution in [-0.2, 0) is 11.3 Å². The number of anilines is 2. The number of carboxylic acids is 1. The van der Waals surface area contributed by atoms with Gasteiger partial charge >= 0.3 is 12.1 Å². The van der Waals surface area contributed by atoms with Crippen molar-refractivity contribution in [1.29, 1.82) is 0 Å². The Morgan fingerprint density at radius 2 is 1.52 bits per heavy atom. The summed E-state index contributed by atoms with van der Waals surface area (Å²) in [6, 6.07) is 17.4. The first-order valence-electron chi connectivity index (χ1n) is 13.2. The molecule has 2 saturated heterocycles. The number of carbonyl (C=O) groups is 3. The standard InChI is InChI=1S/C29H31N5O6/c35-27(22-3-1-21(2-4-22)20-32-15-17-39-18-16-32)31-24-6-8-25(9-7-24)40-29(38)34-13-11-33(12-14-34)26-10-5-23(19-30-26)28(36)37/h1-10,19H,11-18,20H2,(H,31,35)(H,36,37). The van der Waals surface area contributed by atoms with Gasteiger partial charge in [-0.3, -0.25) is 9.69 Å². The Hall–Kier alpha value is -4.48. The molecule has 208 valence electrons. The molecule has 2 aliphatic heterocycles. The van der Waals surface area contributed by atoms with Gasteiger partial charge in [0.1, 0.15) is 11.6 Å². The van der Waals surface area contributed by atoms with Crippen molar-refractivity contribution in [3.05, 3.63) is 83.6 Å². The highest BCUT2D eigenvalue weighted by Crippen LogP contribution is 2.19. The van der Waals surface area contributed by atoms with Gasteiger partial charge in [-0.25, -0.2) is 14.6 Å². The number of piperazine rings is 1. The van der Waals surface area contributed by atoms with Gasteiger partial charge in [0.05, 0.1) is 18.8 Å². The number of hydrogen-bond donors (Lipinski definition) is 2. The number of benzene rings is 2. The summed E-state index contributed by atoms with van der Waals surface area (Å²) in [5.74, 6) is -0.192. The van der Waals surface area contributed by atoms with Crippen LogP contribution in [0.4, 0.5) is 16.3 Å². The predicted molar refractivity (Wildman–Crippen MR) is 148 cm³/mol. The molecule has 0 spiro atoms. The largest absolute Gasteiger partial charge is 0.478 e. The third kappa shape index (κ3) is 6.93. The average molecular weight is 546 g/mol. The van der Waals surface area contributed by atoms with Crippen LogP contribution in [0.2, 0.25) is 0 Å². The number of aromatic carboxylic acids is 1. The number of nitrogens with one attached hydrogen (secondary N) is 1. The van der Waals surface area contributed by atoms with Gasteiger partial charge < -0.3 is 29.7 Å². The van der Waals surface area contributed by atoms with Crippen LogP contribution >= 0.6 is 0 Å². The zero-order valence-corrected chi connectivity index (χ0v) is 22.0. The first kappa shape index (κ1) is 27.1. The quantitative estimate of drug-likeness (QED) is 0.461. The molecule has 0 unspecified atom stereocenters. The van der Waals surface area contributed by atoms with Crippen LogP contribution in [0.25, 0.3) is 0 Å². The lowest BCUT2D eigenvalue weighted by Gasteiger charge is -2.34. The smallest absolute Gasteiger partial charge is 0.415 e. The van der Waals surface area contributed by atoms with Crippen molar-refractivity contribution in [3.63, 3.8) is 0 Å². The highest BCUT2D eigenvalue weighted by molar-refractivity contribution is 6.04. The maximum atomic E-state index is 12.7. The molecule has 1 aromatic heterocycles. The summed E-state index contributed by atoms with van der Waals surface area (Å²) >= 11 is 0. The van der Waals surface area contributed by atoms with Gasteiger partial charge in [0.2, 0.25) is 0 Å². The third-order valence-corrected chi connectivity index (χ3v) is 6.90. The molecular formula is C29H31N5O6. The van der Waals surface area contributed by atoms with Crippen molar-refractivity contribution in [1.82, 2.24) is 14.8 Å². The Labute approximate surface area is 231 Å². The molecule has 40 heavy (non-hydrogen) atoms. The van der Waals surface area contributed by atoms with Crippen molar-refractivity contribution in [2.45, 2.75) is 6.54 Å². The first-order chi connectivity index (χ1) is 19.4. The summed E-state index contributed by atoms with van der Waals surface area (Å²) in [6.07, 6.45) is 0.871. The number of carbonyl (C=O) groups excluding carboxylic acids is 2. The number of morpholine rings is 1. The van der Waals surface area contributed by atoms with E-state index in [1.807, 2.05) is 29.2 Å². The average Bonchev–Trinajstić information content (AvgIpc) is 2.99. The Morgan fingerprint density at radius 1 is 0.850 bits per heavy atom. The van der Waals surface area contributed by atoms with Crippen molar-refractivity contribution in [2.24, 2.45) is 0 Å². The fourth-order valence-corrected chi connectivity index (χ4v) is 4.57. The van der Waals surface area contributed by atoms with E-state index in [1.165, 1.54) is 12.3 Å². The Bertz CT molecular complexity index is 1320. The maximum absolute atomic E-state index is 12.7. The molecule has 5 rings (SSSR count). The molecular weight excluding hydrogens is 514 g/mol. The zero-order valence-electron chi connectivity index (χ0n) is 22.0. The molecule has 2 amide bonds. The van der Waals surface area contributed by atoms with E-state index < -0.39 is 12.1 Å². The van der Waals surface area contributed by atoms with Crippen LogP contribution in [-0.4, -0.2) is 90.3 Å². The SMILES string of the molecule is O=C(O)c1ccc(N2CCN(C(=O)Oc3ccc(NC(=O)c4ccc(CN5CCOCC5)cc4)cc3)CC2)nc1. The summed E-state index contributed by atoms with van der Waals surface area (Å²) in [4.78, 5) is 46.5. The van der Waals surface area contributed by atoms with Crippen LogP contribution in [0.15, 0.2) is 66.9 Å². The lowest BCUT2D eigenvalue weighted by atomic mass is 10.1. The molecule has 2 aliphatic rings. The van der Waals surface area contributed by atoms with Crippen LogP contribution in [0.1, 0.15) is 26.3 Å². The van der Waals surface area contributed by atoms with Gasteiger partial charge in [-0.15, -0.1) is 0 Å². The number of ether oxygens (including phenoxy) is 2. The van der Waals surface area contributed by atoms with E-state index in [1.54, 1.807) is 35.2 Å². The second-order valence-corrected chi connectivity index (χ2v) is 9.62. The number of rotatable bonds is 7.